The molecule has 1 aromatic carbocycles. The second-order valence-electron chi connectivity index (χ2n) is 9.42. The van der Waals surface area contributed by atoms with E-state index in [2.05, 4.69) is 16.7 Å². The molecular formula is C26H31N3O4. The van der Waals surface area contributed by atoms with Crippen LogP contribution in [0.4, 0.5) is 0 Å². The van der Waals surface area contributed by atoms with Crippen LogP contribution in [-0.4, -0.2) is 35.6 Å². The van der Waals surface area contributed by atoms with Crippen LogP contribution in [0.15, 0.2) is 41.5 Å². The fourth-order valence-corrected chi connectivity index (χ4v) is 4.94. The quantitative estimate of drug-likeness (QED) is 0.708. The number of pyridine rings is 1. The van der Waals surface area contributed by atoms with Crippen molar-refractivity contribution in [1.29, 1.82) is 0 Å². The van der Waals surface area contributed by atoms with Gasteiger partial charge >= 0.3 is 0 Å². The predicted molar refractivity (Wildman–Crippen MR) is 124 cm³/mol. The van der Waals surface area contributed by atoms with Gasteiger partial charge in [-0.05, 0) is 43.2 Å². The molecule has 2 fully saturated rings. The normalized spacial score (nSPS) is 20.7. The number of carbonyl (C=O) groups excluding carboxylic acids is 2. The Morgan fingerprint density at radius 3 is 2.45 bits per heavy atom. The Balaban J connectivity index is 1.34. The van der Waals surface area contributed by atoms with E-state index < -0.39 is 11.3 Å². The molecule has 5 rings (SSSR count). The van der Waals surface area contributed by atoms with Crippen LogP contribution in [0.3, 0.4) is 0 Å². The summed E-state index contributed by atoms with van der Waals surface area (Å²) in [4.78, 5) is 39.2. The van der Waals surface area contributed by atoms with Gasteiger partial charge in [-0.15, -0.1) is 0 Å². The van der Waals surface area contributed by atoms with Crippen LogP contribution in [0, 0.1) is 0 Å². The van der Waals surface area contributed by atoms with Gasteiger partial charge in [-0.25, -0.2) is 0 Å². The molecule has 0 radical (unpaired) electrons. The summed E-state index contributed by atoms with van der Waals surface area (Å²) in [7, 11) is 0. The third-order valence-corrected chi connectivity index (χ3v) is 6.98. The second kappa shape index (κ2) is 9.51. The third kappa shape index (κ3) is 4.88. The van der Waals surface area contributed by atoms with E-state index in [1.54, 1.807) is 12.4 Å². The van der Waals surface area contributed by atoms with Crippen molar-refractivity contribution in [2.75, 3.05) is 13.2 Å². The molecule has 0 unspecified atom stereocenters. The summed E-state index contributed by atoms with van der Waals surface area (Å²) in [6.45, 7) is 0.875. The van der Waals surface area contributed by atoms with Crippen LogP contribution in [0.25, 0.3) is 0 Å². The minimum absolute atomic E-state index is 0.0160. The highest BCUT2D eigenvalue weighted by Crippen LogP contribution is 2.34. The van der Waals surface area contributed by atoms with E-state index in [0.29, 0.717) is 6.61 Å². The molecule has 1 aliphatic heterocycles. The zero-order valence-corrected chi connectivity index (χ0v) is 18.8. The van der Waals surface area contributed by atoms with Gasteiger partial charge in [-0.1, -0.05) is 43.5 Å². The molecule has 7 nitrogen and oxygen atoms in total. The van der Waals surface area contributed by atoms with E-state index in [0.717, 1.165) is 50.5 Å². The van der Waals surface area contributed by atoms with E-state index in [9.17, 15) is 14.4 Å². The highest BCUT2D eigenvalue weighted by molar-refractivity contribution is 5.99. The fraction of sp³-hybridized carbons (Fsp3) is 0.500. The van der Waals surface area contributed by atoms with Gasteiger partial charge < -0.3 is 19.9 Å². The molecule has 2 heterocycles. The van der Waals surface area contributed by atoms with E-state index in [1.807, 2.05) is 22.8 Å². The molecule has 1 atom stereocenters. The van der Waals surface area contributed by atoms with Gasteiger partial charge in [0.2, 0.25) is 5.43 Å². The number of carbonyl (C=O) groups is 2. The third-order valence-electron chi connectivity index (χ3n) is 6.98. The van der Waals surface area contributed by atoms with Crippen LogP contribution >= 0.6 is 0 Å². The second-order valence-corrected chi connectivity index (χ2v) is 9.42. The van der Waals surface area contributed by atoms with Crippen LogP contribution in [-0.2, 0) is 11.2 Å². The lowest BCUT2D eigenvalue weighted by Gasteiger charge is -2.26. The predicted octanol–water partition coefficient (Wildman–Crippen LogP) is 3.29. The van der Waals surface area contributed by atoms with Gasteiger partial charge in [-0.3, -0.25) is 14.4 Å². The van der Waals surface area contributed by atoms with Gasteiger partial charge in [0.05, 0.1) is 6.61 Å². The molecule has 0 spiro atoms. The summed E-state index contributed by atoms with van der Waals surface area (Å²) in [6, 6.07) is 8.40. The number of rotatable bonds is 6. The maximum Gasteiger partial charge on any atom is 0.256 e. The Bertz CT molecular complexity index is 1100. The molecule has 3 aliphatic rings. The molecule has 1 aromatic heterocycles. The van der Waals surface area contributed by atoms with Crippen molar-refractivity contribution in [3.05, 3.63) is 69.1 Å². The van der Waals surface area contributed by atoms with Gasteiger partial charge in [0.1, 0.15) is 17.2 Å². The van der Waals surface area contributed by atoms with Crippen molar-refractivity contribution in [3.63, 3.8) is 0 Å². The standard InChI is InChI=1S/C26H31N3O4/c30-24-21(25(31)27-14-23-20-9-5-4-6-17(20)12-13-33-23)15-29(19-10-11-19)16-22(24)26(32)28-18-7-2-1-3-8-18/h4-6,9,15-16,18-19,23H,1-3,7-8,10-14H2,(H,27,31)(H,28,32)/t23-/m0/s1. The molecule has 0 saturated heterocycles. The zero-order chi connectivity index (χ0) is 22.8. The summed E-state index contributed by atoms with van der Waals surface area (Å²) < 4.78 is 7.74. The Morgan fingerprint density at radius 1 is 0.970 bits per heavy atom. The Morgan fingerprint density at radius 2 is 1.70 bits per heavy atom. The number of amides is 2. The zero-order valence-electron chi connectivity index (χ0n) is 18.8. The van der Waals surface area contributed by atoms with Crippen LogP contribution in [0.5, 0.6) is 0 Å². The maximum absolute atomic E-state index is 13.2. The molecule has 174 valence electrons. The monoisotopic (exact) mass is 449 g/mol. The lowest BCUT2D eigenvalue weighted by Crippen LogP contribution is -2.41. The summed E-state index contributed by atoms with van der Waals surface area (Å²) in [5, 5.41) is 5.89. The molecule has 2 aromatic rings. The van der Waals surface area contributed by atoms with Gasteiger partial charge in [-0.2, -0.15) is 0 Å². The van der Waals surface area contributed by atoms with Gasteiger partial charge in [0.25, 0.3) is 11.8 Å². The van der Waals surface area contributed by atoms with Crippen LogP contribution in [0.2, 0.25) is 0 Å². The Kier molecular flexibility index (Phi) is 6.31. The molecule has 33 heavy (non-hydrogen) atoms. The summed E-state index contributed by atoms with van der Waals surface area (Å²) in [5.74, 6) is -0.839. The molecule has 2 aliphatic carbocycles. The summed E-state index contributed by atoms with van der Waals surface area (Å²) in [5.41, 5.74) is 1.85. The lowest BCUT2D eigenvalue weighted by molar-refractivity contribution is 0.0411. The fourth-order valence-electron chi connectivity index (χ4n) is 4.94. The van der Waals surface area contributed by atoms with E-state index in [4.69, 9.17) is 4.74 Å². The smallest absolute Gasteiger partial charge is 0.256 e. The number of hydrogen-bond donors (Lipinski definition) is 2. The maximum atomic E-state index is 13.2. The first-order valence-electron chi connectivity index (χ1n) is 12.1. The largest absolute Gasteiger partial charge is 0.371 e. The summed E-state index contributed by atoms with van der Waals surface area (Å²) in [6.07, 6.45) is 11.0. The number of benzene rings is 1. The van der Waals surface area contributed by atoms with E-state index in [-0.39, 0.29) is 41.8 Å². The number of fused-ring (bicyclic) bond motifs is 1. The first kappa shape index (κ1) is 21.9. The molecule has 2 N–H and O–H groups in total. The molecule has 7 heteroatoms. The minimum Gasteiger partial charge on any atom is -0.371 e. The Labute approximate surface area is 193 Å². The number of hydrogen-bond acceptors (Lipinski definition) is 4. The highest BCUT2D eigenvalue weighted by atomic mass is 16.5. The molecule has 2 saturated carbocycles. The van der Waals surface area contributed by atoms with Crippen molar-refractivity contribution in [2.24, 2.45) is 0 Å². The SMILES string of the molecule is O=C(NC[C@@H]1OCCc2ccccc21)c1cn(C2CC2)cc(C(=O)NC2CCCCC2)c1=O. The average molecular weight is 450 g/mol. The molecular weight excluding hydrogens is 418 g/mol. The van der Waals surface area contributed by atoms with Crippen molar-refractivity contribution in [3.8, 4) is 0 Å². The summed E-state index contributed by atoms with van der Waals surface area (Å²) >= 11 is 0. The lowest BCUT2D eigenvalue weighted by atomic mass is 9.95. The minimum atomic E-state index is -0.511. The van der Waals surface area contributed by atoms with E-state index >= 15 is 0 Å². The number of nitrogens with one attached hydrogen (secondary N) is 2. The highest BCUT2D eigenvalue weighted by Gasteiger charge is 2.28. The number of aromatic nitrogens is 1. The van der Waals surface area contributed by atoms with Gasteiger partial charge in [0.15, 0.2) is 0 Å². The van der Waals surface area contributed by atoms with Crippen molar-refractivity contribution in [2.45, 2.75) is 69.6 Å². The first-order valence-corrected chi connectivity index (χ1v) is 12.1. The van der Waals surface area contributed by atoms with Crippen LogP contribution < -0.4 is 16.1 Å². The van der Waals surface area contributed by atoms with Crippen molar-refractivity contribution in [1.82, 2.24) is 15.2 Å². The van der Waals surface area contributed by atoms with Crippen molar-refractivity contribution < 1.29 is 14.3 Å². The van der Waals surface area contributed by atoms with E-state index in [1.165, 1.54) is 12.0 Å². The van der Waals surface area contributed by atoms with Crippen molar-refractivity contribution >= 4 is 11.8 Å². The number of ether oxygens (including phenoxy) is 1. The molecule has 2 amide bonds. The van der Waals surface area contributed by atoms with Gasteiger partial charge in [0, 0.05) is 31.0 Å². The topological polar surface area (TPSA) is 89.4 Å². The average Bonchev–Trinajstić information content (AvgIpc) is 3.69. The molecule has 0 bridgehead atoms. The number of nitrogens with zero attached hydrogens (tertiary/aromatic N) is 1. The van der Waals surface area contributed by atoms with Crippen LogP contribution in [0.1, 0.15) is 88.9 Å². The Hall–Kier alpha value is -2.93. The first-order chi connectivity index (χ1) is 16.1.